The van der Waals surface area contributed by atoms with Crippen LogP contribution in [0.15, 0.2) is 12.2 Å². The fourth-order valence-corrected chi connectivity index (χ4v) is 2.85. The van der Waals surface area contributed by atoms with Gasteiger partial charge in [-0.05, 0) is 19.4 Å². The first-order valence-corrected chi connectivity index (χ1v) is 7.56. The van der Waals surface area contributed by atoms with Crippen molar-refractivity contribution in [2.24, 2.45) is 0 Å². The van der Waals surface area contributed by atoms with Crippen molar-refractivity contribution in [2.45, 2.75) is 13.8 Å². The molecule has 0 aromatic carbocycles. The van der Waals surface area contributed by atoms with Gasteiger partial charge in [-0.25, -0.2) is 14.4 Å². The summed E-state index contributed by atoms with van der Waals surface area (Å²) in [6.45, 7) is 2.64. The quantitative estimate of drug-likeness (QED) is 0.470. The lowest BCUT2D eigenvalue weighted by Crippen LogP contribution is -2.21. The normalized spacial score (nSPS) is 10.3. The molecule has 0 saturated heterocycles. The molecule has 0 spiro atoms. The number of amides is 1. The lowest BCUT2D eigenvalue weighted by molar-refractivity contribution is -0.142. The van der Waals surface area contributed by atoms with E-state index in [4.69, 9.17) is 4.74 Å². The molecule has 1 aromatic rings. The van der Waals surface area contributed by atoms with Gasteiger partial charge in [-0.15, -0.1) is 11.3 Å². The number of ether oxygens (including phenoxy) is 3. The Labute approximate surface area is 142 Å². The third-order valence-electron chi connectivity index (χ3n) is 2.81. The van der Waals surface area contributed by atoms with Gasteiger partial charge in [0.2, 0.25) is 0 Å². The van der Waals surface area contributed by atoms with Gasteiger partial charge in [0.15, 0.2) is 6.61 Å². The first-order valence-electron chi connectivity index (χ1n) is 6.75. The van der Waals surface area contributed by atoms with Gasteiger partial charge in [-0.2, -0.15) is 0 Å². The van der Waals surface area contributed by atoms with Crippen LogP contribution < -0.4 is 5.32 Å². The molecule has 1 heterocycles. The minimum atomic E-state index is -0.708. The van der Waals surface area contributed by atoms with Crippen LogP contribution in [0, 0.1) is 6.92 Å². The van der Waals surface area contributed by atoms with Crippen LogP contribution in [0.4, 0.5) is 5.00 Å². The molecule has 0 bridgehead atoms. The van der Waals surface area contributed by atoms with Crippen molar-refractivity contribution in [1.82, 2.24) is 0 Å². The molecule has 0 aliphatic carbocycles. The lowest BCUT2D eigenvalue weighted by atomic mass is 10.1. The van der Waals surface area contributed by atoms with Crippen molar-refractivity contribution in [2.75, 3.05) is 26.1 Å². The maximum atomic E-state index is 11.9. The summed E-state index contributed by atoms with van der Waals surface area (Å²) < 4.78 is 14.0. The van der Waals surface area contributed by atoms with E-state index in [9.17, 15) is 19.2 Å². The number of allylic oxidation sites excluding steroid dienone is 1. The fraction of sp³-hybridized carbons (Fsp3) is 0.333. The Balaban J connectivity index is 3.01. The van der Waals surface area contributed by atoms with Gasteiger partial charge in [-0.3, -0.25) is 4.79 Å². The Morgan fingerprint density at radius 3 is 2.29 bits per heavy atom. The molecule has 9 heteroatoms. The summed E-state index contributed by atoms with van der Waals surface area (Å²) in [5.74, 6) is -2.67. The van der Waals surface area contributed by atoms with Crippen molar-refractivity contribution in [3.63, 3.8) is 0 Å². The van der Waals surface area contributed by atoms with Crippen LogP contribution in [0.25, 0.3) is 0 Å². The molecule has 0 saturated carbocycles. The molecule has 0 fully saturated rings. The molecule has 0 aliphatic heterocycles. The number of hydrogen-bond donors (Lipinski definition) is 1. The van der Waals surface area contributed by atoms with Gasteiger partial charge in [0.25, 0.3) is 5.91 Å². The zero-order valence-corrected chi connectivity index (χ0v) is 14.4. The minimum Gasteiger partial charge on any atom is -0.465 e. The second-order valence-corrected chi connectivity index (χ2v) is 5.42. The average molecular weight is 355 g/mol. The summed E-state index contributed by atoms with van der Waals surface area (Å²) in [5.41, 5.74) is 0.385. The highest BCUT2D eigenvalue weighted by Gasteiger charge is 2.26. The number of methoxy groups -OCH3 is 2. The maximum absolute atomic E-state index is 11.9. The van der Waals surface area contributed by atoms with Crippen molar-refractivity contribution in [3.05, 3.63) is 28.2 Å². The number of rotatable bonds is 6. The van der Waals surface area contributed by atoms with Gasteiger partial charge in [0.05, 0.1) is 19.8 Å². The van der Waals surface area contributed by atoms with Crippen molar-refractivity contribution < 1.29 is 33.4 Å². The van der Waals surface area contributed by atoms with Crippen LogP contribution >= 0.6 is 11.3 Å². The third kappa shape index (κ3) is 4.66. The second-order valence-electron chi connectivity index (χ2n) is 4.40. The number of carbonyl (C=O) groups is 4. The zero-order valence-electron chi connectivity index (χ0n) is 13.6. The number of anilines is 1. The summed E-state index contributed by atoms with van der Waals surface area (Å²) in [6.07, 6.45) is 2.64. The lowest BCUT2D eigenvalue weighted by Gasteiger charge is -2.06. The zero-order chi connectivity index (χ0) is 18.3. The van der Waals surface area contributed by atoms with E-state index in [1.165, 1.54) is 27.2 Å². The number of nitrogens with one attached hydrogen (secondary N) is 1. The van der Waals surface area contributed by atoms with Crippen LogP contribution in [-0.2, 0) is 23.8 Å². The Morgan fingerprint density at radius 2 is 1.75 bits per heavy atom. The van der Waals surface area contributed by atoms with E-state index < -0.39 is 30.4 Å². The van der Waals surface area contributed by atoms with Crippen molar-refractivity contribution in [1.29, 1.82) is 0 Å². The molecule has 1 amide bonds. The molecular weight excluding hydrogens is 338 g/mol. The Kier molecular flexibility index (Phi) is 7.12. The Bertz CT molecular complexity index is 690. The molecule has 0 radical (unpaired) electrons. The van der Waals surface area contributed by atoms with E-state index in [1.54, 1.807) is 6.92 Å². The standard InChI is InChI=1S/C15H17NO7S/c1-5-6-10(18)23-7-9(17)16-13-11(14(19)21-3)8(2)12(24-13)15(20)22-4/h5-6H,7H2,1-4H3,(H,16,17)/b6-5+. The van der Waals surface area contributed by atoms with E-state index in [-0.39, 0.29) is 15.4 Å². The molecule has 0 atom stereocenters. The summed E-state index contributed by atoms with van der Waals surface area (Å²) in [5, 5.41) is 2.55. The summed E-state index contributed by atoms with van der Waals surface area (Å²) in [7, 11) is 2.39. The molecule has 8 nitrogen and oxygen atoms in total. The summed E-state index contributed by atoms with van der Waals surface area (Å²) in [4.78, 5) is 46.9. The molecule has 1 rings (SSSR count). The molecule has 24 heavy (non-hydrogen) atoms. The third-order valence-corrected chi connectivity index (χ3v) is 4.00. The van der Waals surface area contributed by atoms with Gasteiger partial charge < -0.3 is 19.5 Å². The smallest absolute Gasteiger partial charge is 0.348 e. The molecular formula is C15H17NO7S. The predicted molar refractivity (Wildman–Crippen MR) is 86.1 cm³/mol. The molecule has 1 aromatic heterocycles. The summed E-state index contributed by atoms with van der Waals surface area (Å²) >= 11 is 0.874. The highest BCUT2D eigenvalue weighted by Crippen LogP contribution is 2.34. The minimum absolute atomic E-state index is 0.0519. The van der Waals surface area contributed by atoms with Crippen molar-refractivity contribution >= 4 is 40.2 Å². The second kappa shape index (κ2) is 8.82. The number of hydrogen-bond acceptors (Lipinski definition) is 8. The topological polar surface area (TPSA) is 108 Å². The largest absolute Gasteiger partial charge is 0.465 e. The highest BCUT2D eigenvalue weighted by atomic mass is 32.1. The predicted octanol–water partition coefficient (Wildman–Crippen LogP) is 1.69. The molecule has 130 valence electrons. The molecule has 0 aliphatic rings. The first-order chi connectivity index (χ1) is 11.3. The van der Waals surface area contributed by atoms with Gasteiger partial charge in [0, 0.05) is 6.08 Å². The first kappa shape index (κ1) is 19.4. The molecule has 1 N–H and O–H groups in total. The summed E-state index contributed by atoms with van der Waals surface area (Å²) in [6, 6.07) is 0. The van der Waals surface area contributed by atoms with Crippen LogP contribution in [0.5, 0.6) is 0 Å². The fourth-order valence-electron chi connectivity index (χ4n) is 1.72. The number of esters is 3. The number of carbonyl (C=O) groups excluding carboxylic acids is 4. The van der Waals surface area contributed by atoms with E-state index in [1.807, 2.05) is 0 Å². The van der Waals surface area contributed by atoms with Crippen molar-refractivity contribution in [3.8, 4) is 0 Å². The van der Waals surface area contributed by atoms with Gasteiger partial charge in [0.1, 0.15) is 9.88 Å². The monoisotopic (exact) mass is 355 g/mol. The molecule has 0 unspecified atom stereocenters. The average Bonchev–Trinajstić information content (AvgIpc) is 2.88. The van der Waals surface area contributed by atoms with E-state index in [0.29, 0.717) is 5.56 Å². The SMILES string of the molecule is C/C=C/C(=O)OCC(=O)Nc1sc(C(=O)OC)c(C)c1C(=O)OC. The van der Waals surface area contributed by atoms with Gasteiger partial charge in [-0.1, -0.05) is 6.08 Å². The maximum Gasteiger partial charge on any atom is 0.348 e. The van der Waals surface area contributed by atoms with Crippen LogP contribution in [0.1, 0.15) is 32.5 Å². The van der Waals surface area contributed by atoms with E-state index in [2.05, 4.69) is 14.8 Å². The van der Waals surface area contributed by atoms with E-state index in [0.717, 1.165) is 17.4 Å². The Morgan fingerprint density at radius 1 is 1.12 bits per heavy atom. The van der Waals surface area contributed by atoms with E-state index >= 15 is 0 Å². The van der Waals surface area contributed by atoms with Crippen LogP contribution in [0.3, 0.4) is 0 Å². The number of thiophene rings is 1. The Hall–Kier alpha value is -2.68. The van der Waals surface area contributed by atoms with Crippen LogP contribution in [-0.4, -0.2) is 44.6 Å². The highest BCUT2D eigenvalue weighted by molar-refractivity contribution is 7.18. The van der Waals surface area contributed by atoms with Crippen LogP contribution in [0.2, 0.25) is 0 Å². The van der Waals surface area contributed by atoms with Gasteiger partial charge >= 0.3 is 17.9 Å².